The van der Waals surface area contributed by atoms with E-state index in [0.717, 1.165) is 6.20 Å². The molecule has 0 radical (unpaired) electrons. The second-order valence-electron chi connectivity index (χ2n) is 3.38. The number of pyridine rings is 1. The average Bonchev–Trinajstić information content (AvgIpc) is 2.29. The van der Waals surface area contributed by atoms with Gasteiger partial charge in [0.2, 0.25) is 0 Å². The predicted octanol–water partition coefficient (Wildman–Crippen LogP) is 3.00. The Kier molecular flexibility index (Phi) is 5.40. The Hall–Kier alpha value is -1.30. The van der Waals surface area contributed by atoms with Crippen LogP contribution >= 0.6 is 11.6 Å². The highest BCUT2D eigenvalue weighted by atomic mass is 35.5. The molecule has 1 rings (SSSR count). The molecule has 0 bridgehead atoms. The summed E-state index contributed by atoms with van der Waals surface area (Å²) in [7, 11) is 0. The van der Waals surface area contributed by atoms with E-state index in [2.05, 4.69) is 9.72 Å². The number of carbonyl (C=O) groups excluding carboxylic acids is 1. The highest BCUT2D eigenvalue weighted by Crippen LogP contribution is 2.25. The fourth-order valence-corrected chi connectivity index (χ4v) is 1.68. The molecule has 1 heterocycles. The van der Waals surface area contributed by atoms with Gasteiger partial charge in [0.1, 0.15) is 5.69 Å². The van der Waals surface area contributed by atoms with E-state index in [0.29, 0.717) is 0 Å². The zero-order chi connectivity index (χ0) is 13.7. The second-order valence-corrected chi connectivity index (χ2v) is 3.64. The molecule has 0 N–H and O–H groups in total. The van der Waals surface area contributed by atoms with Crippen molar-refractivity contribution in [3.8, 4) is 0 Å². The summed E-state index contributed by atoms with van der Waals surface area (Å²) in [6.45, 7) is 1.80. The number of rotatable bonds is 5. The molecule has 0 amide bonds. The summed E-state index contributed by atoms with van der Waals surface area (Å²) < 4.78 is 43.2. The third kappa shape index (κ3) is 3.35. The number of alkyl halides is 3. The molecule has 0 aliphatic carbocycles. The summed E-state index contributed by atoms with van der Waals surface area (Å²) in [6.07, 6.45) is -2.24. The standard InChI is InChI=1S/C11H11ClF3NO2/c1-2-18-8(17)3-6-5-16-10(11(14)15)9(13)7(6)4-12/h5,11H,2-4H2,1H3. The van der Waals surface area contributed by atoms with Crippen LogP contribution in [0.5, 0.6) is 0 Å². The van der Waals surface area contributed by atoms with Crippen LogP contribution in [-0.2, 0) is 21.8 Å². The van der Waals surface area contributed by atoms with Gasteiger partial charge in [0.15, 0.2) is 5.82 Å². The number of nitrogens with zero attached hydrogens (tertiary/aromatic N) is 1. The van der Waals surface area contributed by atoms with Crippen LogP contribution < -0.4 is 0 Å². The van der Waals surface area contributed by atoms with Crippen LogP contribution in [0.1, 0.15) is 30.2 Å². The van der Waals surface area contributed by atoms with Crippen LogP contribution in [-0.4, -0.2) is 17.6 Å². The molecule has 0 atom stereocenters. The molecule has 100 valence electrons. The highest BCUT2D eigenvalue weighted by Gasteiger charge is 2.21. The molecule has 1 aromatic rings. The van der Waals surface area contributed by atoms with Gasteiger partial charge in [-0.15, -0.1) is 11.6 Å². The maximum Gasteiger partial charge on any atom is 0.310 e. The second kappa shape index (κ2) is 6.58. The summed E-state index contributed by atoms with van der Waals surface area (Å²) in [5, 5.41) is 0. The predicted molar refractivity (Wildman–Crippen MR) is 59.0 cm³/mol. The lowest BCUT2D eigenvalue weighted by atomic mass is 10.1. The van der Waals surface area contributed by atoms with Crippen molar-refractivity contribution in [2.75, 3.05) is 6.61 Å². The van der Waals surface area contributed by atoms with Crippen molar-refractivity contribution in [2.45, 2.75) is 25.7 Å². The Morgan fingerprint density at radius 3 is 2.72 bits per heavy atom. The van der Waals surface area contributed by atoms with Gasteiger partial charge in [-0.3, -0.25) is 9.78 Å². The number of halogens is 4. The quantitative estimate of drug-likeness (QED) is 0.615. The van der Waals surface area contributed by atoms with Gasteiger partial charge in [-0.2, -0.15) is 0 Å². The van der Waals surface area contributed by atoms with Crippen molar-refractivity contribution < 1.29 is 22.7 Å². The lowest BCUT2D eigenvalue weighted by molar-refractivity contribution is -0.142. The smallest absolute Gasteiger partial charge is 0.310 e. The van der Waals surface area contributed by atoms with Crippen LogP contribution in [0.25, 0.3) is 0 Å². The van der Waals surface area contributed by atoms with Crippen LogP contribution in [0.4, 0.5) is 13.2 Å². The largest absolute Gasteiger partial charge is 0.466 e. The molecule has 0 aromatic carbocycles. The zero-order valence-electron chi connectivity index (χ0n) is 9.55. The first-order chi connectivity index (χ1) is 8.51. The van der Waals surface area contributed by atoms with Gasteiger partial charge >= 0.3 is 5.97 Å². The van der Waals surface area contributed by atoms with Gasteiger partial charge in [-0.25, -0.2) is 13.2 Å². The Bertz CT molecular complexity index is 441. The topological polar surface area (TPSA) is 39.2 Å². The Labute approximate surface area is 107 Å². The average molecular weight is 282 g/mol. The molecule has 3 nitrogen and oxygen atoms in total. The number of hydrogen-bond acceptors (Lipinski definition) is 3. The summed E-state index contributed by atoms with van der Waals surface area (Å²) in [5.41, 5.74) is -0.946. The lowest BCUT2D eigenvalue weighted by Crippen LogP contribution is -2.12. The van der Waals surface area contributed by atoms with Crippen molar-refractivity contribution in [3.63, 3.8) is 0 Å². The van der Waals surface area contributed by atoms with Crippen LogP contribution in [0.3, 0.4) is 0 Å². The van der Waals surface area contributed by atoms with Gasteiger partial charge < -0.3 is 4.74 Å². The molecular formula is C11H11ClF3NO2. The summed E-state index contributed by atoms with van der Waals surface area (Å²) in [6, 6.07) is 0. The maximum absolute atomic E-state index is 13.6. The monoisotopic (exact) mass is 281 g/mol. The molecule has 0 unspecified atom stereocenters. The first-order valence-electron chi connectivity index (χ1n) is 5.17. The van der Waals surface area contributed by atoms with Crippen molar-refractivity contribution >= 4 is 17.6 Å². The summed E-state index contributed by atoms with van der Waals surface area (Å²) in [4.78, 5) is 14.6. The number of aromatic nitrogens is 1. The van der Waals surface area contributed by atoms with Crippen molar-refractivity contribution in [3.05, 3.63) is 28.8 Å². The number of ether oxygens (including phenoxy) is 1. The number of hydrogen-bond donors (Lipinski definition) is 0. The third-order valence-corrected chi connectivity index (χ3v) is 2.48. The fourth-order valence-electron chi connectivity index (χ4n) is 1.39. The van der Waals surface area contributed by atoms with E-state index in [1.54, 1.807) is 6.92 Å². The van der Waals surface area contributed by atoms with E-state index in [-0.39, 0.29) is 30.0 Å². The van der Waals surface area contributed by atoms with E-state index in [1.165, 1.54) is 0 Å². The number of carbonyl (C=O) groups is 1. The van der Waals surface area contributed by atoms with Crippen molar-refractivity contribution in [2.24, 2.45) is 0 Å². The molecule has 0 aliphatic heterocycles. The van der Waals surface area contributed by atoms with Crippen molar-refractivity contribution in [1.82, 2.24) is 4.98 Å². The maximum atomic E-state index is 13.6. The van der Waals surface area contributed by atoms with E-state index < -0.39 is 23.9 Å². The lowest BCUT2D eigenvalue weighted by Gasteiger charge is -2.10. The Morgan fingerprint density at radius 2 is 2.22 bits per heavy atom. The molecule has 0 spiro atoms. The normalized spacial score (nSPS) is 10.8. The summed E-state index contributed by atoms with van der Waals surface area (Å²) in [5.74, 6) is -2.07. The highest BCUT2D eigenvalue weighted by molar-refractivity contribution is 6.17. The molecule has 18 heavy (non-hydrogen) atoms. The van der Waals surface area contributed by atoms with E-state index in [1.807, 2.05) is 0 Å². The van der Waals surface area contributed by atoms with Gasteiger partial charge in [0.05, 0.1) is 18.9 Å². The van der Waals surface area contributed by atoms with Gasteiger partial charge in [0, 0.05) is 11.8 Å². The van der Waals surface area contributed by atoms with Gasteiger partial charge in [-0.05, 0) is 12.5 Å². The van der Waals surface area contributed by atoms with E-state index >= 15 is 0 Å². The van der Waals surface area contributed by atoms with Crippen molar-refractivity contribution in [1.29, 1.82) is 0 Å². The minimum absolute atomic E-state index is 0.144. The van der Waals surface area contributed by atoms with E-state index in [4.69, 9.17) is 11.6 Å². The Morgan fingerprint density at radius 1 is 1.56 bits per heavy atom. The van der Waals surface area contributed by atoms with E-state index in [9.17, 15) is 18.0 Å². The van der Waals surface area contributed by atoms with Gasteiger partial charge in [-0.1, -0.05) is 0 Å². The minimum atomic E-state index is -3.02. The SMILES string of the molecule is CCOC(=O)Cc1cnc(C(F)F)c(F)c1CCl. The van der Waals surface area contributed by atoms with Crippen LogP contribution in [0, 0.1) is 5.82 Å². The third-order valence-electron chi connectivity index (χ3n) is 2.22. The van der Waals surface area contributed by atoms with Gasteiger partial charge in [0.25, 0.3) is 6.43 Å². The first-order valence-corrected chi connectivity index (χ1v) is 5.70. The summed E-state index contributed by atoms with van der Waals surface area (Å²) >= 11 is 5.51. The number of esters is 1. The molecule has 0 fully saturated rings. The fraction of sp³-hybridized carbons (Fsp3) is 0.455. The first kappa shape index (κ1) is 14.8. The molecule has 0 saturated heterocycles. The molecule has 0 aliphatic rings. The molecule has 0 saturated carbocycles. The molecular weight excluding hydrogens is 271 g/mol. The zero-order valence-corrected chi connectivity index (χ0v) is 10.3. The minimum Gasteiger partial charge on any atom is -0.466 e. The Balaban J connectivity index is 3.07. The van der Waals surface area contributed by atoms with Crippen LogP contribution in [0.2, 0.25) is 0 Å². The van der Waals surface area contributed by atoms with Crippen LogP contribution in [0.15, 0.2) is 6.20 Å². The molecule has 1 aromatic heterocycles. The molecule has 7 heteroatoms.